The standard InChI is InChI=1S/C13H16N2O/c1-9-4-5-12(6-10(9)2)15-13(8-16)7-11(3)14-15/h4-8,13-14H,1-3H3. The lowest BCUT2D eigenvalue weighted by molar-refractivity contribution is -0.108. The lowest BCUT2D eigenvalue weighted by Crippen LogP contribution is -2.39. The molecule has 1 N–H and O–H groups in total. The molecular weight excluding hydrogens is 200 g/mol. The SMILES string of the molecule is CC1=CC(C=O)N(c2ccc(C)c(C)c2)N1. The van der Waals surface area contributed by atoms with Crippen molar-refractivity contribution >= 4 is 12.0 Å². The number of hydrogen-bond acceptors (Lipinski definition) is 3. The van der Waals surface area contributed by atoms with Crippen molar-refractivity contribution in [1.82, 2.24) is 5.43 Å². The van der Waals surface area contributed by atoms with Crippen molar-refractivity contribution in [1.29, 1.82) is 0 Å². The Bertz CT molecular complexity index is 451. The van der Waals surface area contributed by atoms with Crippen molar-refractivity contribution in [3.8, 4) is 0 Å². The summed E-state index contributed by atoms with van der Waals surface area (Å²) < 4.78 is 0. The fourth-order valence-electron chi connectivity index (χ4n) is 1.84. The molecule has 0 amide bonds. The molecule has 0 saturated carbocycles. The van der Waals surface area contributed by atoms with Gasteiger partial charge in [-0.05, 0) is 50.1 Å². The molecule has 2 rings (SSSR count). The van der Waals surface area contributed by atoms with Crippen LogP contribution in [0.1, 0.15) is 18.1 Å². The lowest BCUT2D eigenvalue weighted by atomic mass is 10.1. The zero-order valence-electron chi connectivity index (χ0n) is 9.82. The quantitative estimate of drug-likeness (QED) is 0.768. The molecule has 16 heavy (non-hydrogen) atoms. The second-order valence-corrected chi connectivity index (χ2v) is 4.23. The van der Waals surface area contributed by atoms with Crippen LogP contribution in [0, 0.1) is 13.8 Å². The van der Waals surface area contributed by atoms with Gasteiger partial charge in [0.1, 0.15) is 12.3 Å². The number of benzene rings is 1. The minimum Gasteiger partial charge on any atom is -0.302 e. The number of carbonyl (C=O) groups excluding carboxylic acids is 1. The Labute approximate surface area is 95.7 Å². The van der Waals surface area contributed by atoms with E-state index in [1.807, 2.05) is 24.1 Å². The number of aryl methyl sites for hydroxylation is 2. The second kappa shape index (κ2) is 4.00. The topological polar surface area (TPSA) is 32.3 Å². The fourth-order valence-corrected chi connectivity index (χ4v) is 1.84. The molecule has 1 aromatic rings. The maximum absolute atomic E-state index is 11.0. The van der Waals surface area contributed by atoms with Gasteiger partial charge in [0.15, 0.2) is 0 Å². The largest absolute Gasteiger partial charge is 0.302 e. The Hall–Kier alpha value is -1.77. The van der Waals surface area contributed by atoms with Gasteiger partial charge in [-0.1, -0.05) is 6.07 Å². The van der Waals surface area contributed by atoms with E-state index in [-0.39, 0.29) is 6.04 Å². The summed E-state index contributed by atoms with van der Waals surface area (Å²) in [7, 11) is 0. The van der Waals surface area contributed by atoms with Gasteiger partial charge in [0.25, 0.3) is 0 Å². The Morgan fingerprint density at radius 2 is 2.00 bits per heavy atom. The first kappa shape index (κ1) is 10.7. The lowest BCUT2D eigenvalue weighted by Gasteiger charge is -2.24. The van der Waals surface area contributed by atoms with Crippen molar-refractivity contribution in [2.24, 2.45) is 0 Å². The summed E-state index contributed by atoms with van der Waals surface area (Å²) in [4.78, 5) is 11.0. The van der Waals surface area contributed by atoms with Crippen LogP contribution in [0.2, 0.25) is 0 Å². The molecule has 0 spiro atoms. The van der Waals surface area contributed by atoms with Crippen LogP contribution in [0.3, 0.4) is 0 Å². The van der Waals surface area contributed by atoms with Gasteiger partial charge in [0, 0.05) is 5.70 Å². The van der Waals surface area contributed by atoms with Crippen LogP contribution in [0.5, 0.6) is 0 Å². The molecule has 0 bridgehead atoms. The van der Waals surface area contributed by atoms with Crippen molar-refractivity contribution in [2.45, 2.75) is 26.8 Å². The monoisotopic (exact) mass is 216 g/mol. The van der Waals surface area contributed by atoms with Gasteiger partial charge >= 0.3 is 0 Å². The van der Waals surface area contributed by atoms with E-state index < -0.39 is 0 Å². The van der Waals surface area contributed by atoms with Crippen molar-refractivity contribution in [3.63, 3.8) is 0 Å². The fraction of sp³-hybridized carbons (Fsp3) is 0.308. The summed E-state index contributed by atoms with van der Waals surface area (Å²) >= 11 is 0. The van der Waals surface area contributed by atoms with Crippen LogP contribution in [0.25, 0.3) is 0 Å². The predicted octanol–water partition coefficient (Wildman–Crippen LogP) is 2.10. The van der Waals surface area contributed by atoms with Crippen molar-refractivity contribution in [3.05, 3.63) is 41.1 Å². The molecule has 1 unspecified atom stereocenters. The molecule has 3 nitrogen and oxygen atoms in total. The van der Waals surface area contributed by atoms with E-state index in [0.29, 0.717) is 0 Å². The van der Waals surface area contributed by atoms with Crippen LogP contribution in [0.15, 0.2) is 30.0 Å². The number of anilines is 1. The summed E-state index contributed by atoms with van der Waals surface area (Å²) in [6, 6.07) is 5.98. The molecular formula is C13H16N2O. The number of carbonyl (C=O) groups is 1. The average Bonchev–Trinajstić information content (AvgIpc) is 2.63. The summed E-state index contributed by atoms with van der Waals surface area (Å²) in [5, 5.41) is 1.88. The van der Waals surface area contributed by atoms with Gasteiger partial charge in [-0.25, -0.2) is 0 Å². The van der Waals surface area contributed by atoms with Crippen LogP contribution in [-0.2, 0) is 4.79 Å². The average molecular weight is 216 g/mol. The van der Waals surface area contributed by atoms with E-state index in [1.165, 1.54) is 11.1 Å². The summed E-state index contributed by atoms with van der Waals surface area (Å²) in [5.41, 5.74) is 7.70. The minimum atomic E-state index is -0.206. The molecule has 1 aliphatic rings. The first-order chi connectivity index (χ1) is 7.61. The zero-order valence-corrected chi connectivity index (χ0v) is 9.82. The summed E-state index contributed by atoms with van der Waals surface area (Å²) in [5.74, 6) is 0. The molecule has 1 atom stereocenters. The number of hydrazine groups is 1. The van der Waals surface area contributed by atoms with E-state index in [9.17, 15) is 4.79 Å². The van der Waals surface area contributed by atoms with E-state index in [0.717, 1.165) is 17.7 Å². The molecule has 3 heteroatoms. The molecule has 1 heterocycles. The highest BCUT2D eigenvalue weighted by Gasteiger charge is 2.22. The normalized spacial score (nSPS) is 19.3. The van der Waals surface area contributed by atoms with Crippen molar-refractivity contribution in [2.75, 3.05) is 5.01 Å². The maximum Gasteiger partial charge on any atom is 0.148 e. The molecule has 84 valence electrons. The molecule has 0 fully saturated rings. The number of nitrogens with one attached hydrogen (secondary N) is 1. The molecule has 0 saturated heterocycles. The summed E-state index contributed by atoms with van der Waals surface area (Å²) in [6.45, 7) is 6.11. The zero-order chi connectivity index (χ0) is 11.7. The molecule has 0 aliphatic carbocycles. The van der Waals surface area contributed by atoms with E-state index in [1.54, 1.807) is 0 Å². The minimum absolute atomic E-state index is 0.206. The Morgan fingerprint density at radius 3 is 2.62 bits per heavy atom. The van der Waals surface area contributed by atoms with Gasteiger partial charge in [-0.2, -0.15) is 0 Å². The number of aldehydes is 1. The van der Waals surface area contributed by atoms with Gasteiger partial charge < -0.3 is 10.2 Å². The number of rotatable bonds is 2. The molecule has 1 aromatic carbocycles. The first-order valence-electron chi connectivity index (χ1n) is 5.38. The van der Waals surface area contributed by atoms with Gasteiger partial charge in [-0.15, -0.1) is 0 Å². The third-order valence-corrected chi connectivity index (χ3v) is 2.92. The highest BCUT2D eigenvalue weighted by molar-refractivity contribution is 5.71. The smallest absolute Gasteiger partial charge is 0.148 e. The highest BCUT2D eigenvalue weighted by Crippen LogP contribution is 2.22. The van der Waals surface area contributed by atoms with Gasteiger partial charge in [0.2, 0.25) is 0 Å². The molecule has 0 aromatic heterocycles. The number of hydrogen-bond donors (Lipinski definition) is 1. The highest BCUT2D eigenvalue weighted by atomic mass is 16.1. The Kier molecular flexibility index (Phi) is 2.69. The third kappa shape index (κ3) is 1.81. The van der Waals surface area contributed by atoms with E-state index in [2.05, 4.69) is 31.4 Å². The van der Waals surface area contributed by atoms with Crippen molar-refractivity contribution < 1.29 is 4.79 Å². The number of nitrogens with zero attached hydrogens (tertiary/aromatic N) is 1. The summed E-state index contributed by atoms with van der Waals surface area (Å²) in [6.07, 6.45) is 2.86. The third-order valence-electron chi connectivity index (χ3n) is 2.92. The second-order valence-electron chi connectivity index (χ2n) is 4.23. The van der Waals surface area contributed by atoms with Crippen LogP contribution < -0.4 is 10.4 Å². The maximum atomic E-state index is 11.0. The van der Waals surface area contributed by atoms with Gasteiger partial charge in [0.05, 0.1) is 5.69 Å². The predicted molar refractivity (Wildman–Crippen MR) is 65.1 cm³/mol. The molecule has 0 radical (unpaired) electrons. The Morgan fingerprint density at radius 1 is 1.25 bits per heavy atom. The number of allylic oxidation sites excluding steroid dienone is 1. The Balaban J connectivity index is 2.31. The first-order valence-corrected chi connectivity index (χ1v) is 5.38. The van der Waals surface area contributed by atoms with Gasteiger partial charge in [-0.3, -0.25) is 5.01 Å². The van der Waals surface area contributed by atoms with Crippen LogP contribution >= 0.6 is 0 Å². The van der Waals surface area contributed by atoms with E-state index in [4.69, 9.17) is 0 Å². The van der Waals surface area contributed by atoms with E-state index >= 15 is 0 Å². The van der Waals surface area contributed by atoms with Crippen LogP contribution in [0.4, 0.5) is 5.69 Å². The molecule has 1 aliphatic heterocycles. The van der Waals surface area contributed by atoms with Crippen LogP contribution in [-0.4, -0.2) is 12.3 Å².